The summed E-state index contributed by atoms with van der Waals surface area (Å²) in [6.45, 7) is 2.53. The minimum Gasteiger partial charge on any atom is -0.347 e. The van der Waals surface area contributed by atoms with Gasteiger partial charge < -0.3 is 10.2 Å². The Kier molecular flexibility index (Phi) is 6.50. The van der Waals surface area contributed by atoms with E-state index in [1.54, 1.807) is 11.0 Å². The summed E-state index contributed by atoms with van der Waals surface area (Å²) in [5, 5.41) is 14.7. The average molecular weight is 509 g/mol. The Balaban J connectivity index is 1.08. The number of hydrogen-bond acceptors (Lipinski definition) is 5. The molecule has 2 amide bonds. The van der Waals surface area contributed by atoms with Gasteiger partial charge in [0.1, 0.15) is 5.02 Å². The smallest absolute Gasteiger partial charge is 0.292 e. The van der Waals surface area contributed by atoms with E-state index in [1.807, 2.05) is 4.90 Å². The van der Waals surface area contributed by atoms with Crippen LogP contribution in [0.2, 0.25) is 10.0 Å². The summed E-state index contributed by atoms with van der Waals surface area (Å²) >= 11 is 12.1. The summed E-state index contributed by atoms with van der Waals surface area (Å²) in [5.74, 6) is 2.38. The van der Waals surface area contributed by atoms with E-state index in [0.717, 1.165) is 17.8 Å². The van der Waals surface area contributed by atoms with Gasteiger partial charge in [0.15, 0.2) is 0 Å². The molecule has 1 aliphatic heterocycles. The Labute approximate surface area is 209 Å². The molecular formula is C24H30Cl2N4O4. The van der Waals surface area contributed by atoms with Gasteiger partial charge in [0.05, 0.1) is 11.5 Å². The van der Waals surface area contributed by atoms with Gasteiger partial charge in [-0.1, -0.05) is 23.2 Å². The molecule has 2 unspecified atom stereocenters. The van der Waals surface area contributed by atoms with Gasteiger partial charge in [-0.2, -0.15) is 0 Å². The zero-order chi connectivity index (χ0) is 24.0. The van der Waals surface area contributed by atoms with Crippen LogP contribution in [-0.4, -0.2) is 59.3 Å². The Bertz CT molecular complexity index is 991. The van der Waals surface area contributed by atoms with Crippen LogP contribution < -0.4 is 5.32 Å². The number of halogens is 2. The highest BCUT2D eigenvalue weighted by molar-refractivity contribution is 6.36. The summed E-state index contributed by atoms with van der Waals surface area (Å²) in [4.78, 5) is 40.0. The molecule has 0 aromatic heterocycles. The van der Waals surface area contributed by atoms with Crippen molar-refractivity contribution < 1.29 is 14.5 Å². The predicted octanol–water partition coefficient (Wildman–Crippen LogP) is 3.88. The molecule has 0 spiro atoms. The van der Waals surface area contributed by atoms with E-state index in [0.29, 0.717) is 49.7 Å². The van der Waals surface area contributed by atoms with Gasteiger partial charge in [-0.15, -0.1) is 0 Å². The average Bonchev–Trinajstić information content (AvgIpc) is 3.17. The molecule has 4 bridgehead atoms. The van der Waals surface area contributed by atoms with Crippen LogP contribution in [-0.2, 0) is 16.1 Å². The number of carbonyl (C=O) groups excluding carboxylic acids is 2. The van der Waals surface area contributed by atoms with E-state index in [1.165, 1.54) is 38.2 Å². The minimum atomic E-state index is -0.488. The number of nitrogens with zero attached hydrogens (tertiary/aromatic N) is 3. The molecule has 1 N–H and O–H groups in total. The van der Waals surface area contributed by atoms with E-state index in [9.17, 15) is 19.7 Å². The maximum absolute atomic E-state index is 12.7. The second-order valence-electron chi connectivity index (χ2n) is 10.7. The molecule has 0 radical (unpaired) electrons. The van der Waals surface area contributed by atoms with Gasteiger partial charge >= 0.3 is 0 Å². The standard InChI is InChI=1S/C24H30Cl2N4O4/c25-19-7-18(23(30(33)34)20(26)8-19)14-28-1-3-29(4-2-28)22(32)13-27-21(31)12-24-9-15-5-16(10-24)17(6-15)11-24/h7-8,15-17H,1-6,9-14H2,(H,27,31). The van der Waals surface area contributed by atoms with Crippen molar-refractivity contribution in [1.29, 1.82) is 0 Å². The van der Waals surface area contributed by atoms with Gasteiger partial charge in [0.25, 0.3) is 5.69 Å². The van der Waals surface area contributed by atoms with Crippen molar-refractivity contribution in [3.05, 3.63) is 37.9 Å². The van der Waals surface area contributed by atoms with Crippen LogP contribution in [0.25, 0.3) is 0 Å². The van der Waals surface area contributed by atoms with Crippen molar-refractivity contribution in [3.8, 4) is 0 Å². The van der Waals surface area contributed by atoms with E-state index < -0.39 is 4.92 Å². The van der Waals surface area contributed by atoms with E-state index in [-0.39, 0.29) is 34.5 Å². The Hall–Kier alpha value is -1.90. The zero-order valence-electron chi connectivity index (χ0n) is 19.1. The van der Waals surface area contributed by atoms with E-state index in [4.69, 9.17) is 23.2 Å². The molecule has 34 heavy (non-hydrogen) atoms. The number of benzene rings is 1. The van der Waals surface area contributed by atoms with Crippen molar-refractivity contribution in [1.82, 2.24) is 15.1 Å². The lowest BCUT2D eigenvalue weighted by Gasteiger charge is -2.38. The number of nitro groups is 1. The van der Waals surface area contributed by atoms with E-state index >= 15 is 0 Å². The molecule has 1 aromatic carbocycles. The summed E-state index contributed by atoms with van der Waals surface area (Å²) in [6.07, 6.45) is 6.82. The Morgan fingerprint density at radius 2 is 1.76 bits per heavy atom. The third-order valence-electron chi connectivity index (χ3n) is 8.43. The van der Waals surface area contributed by atoms with Crippen LogP contribution >= 0.6 is 23.2 Å². The van der Waals surface area contributed by atoms with Gasteiger partial charge in [0, 0.05) is 49.7 Å². The molecule has 1 aromatic rings. The molecule has 10 heteroatoms. The van der Waals surface area contributed by atoms with Crippen LogP contribution in [0.15, 0.2) is 12.1 Å². The number of hydrogen-bond donors (Lipinski definition) is 1. The summed E-state index contributed by atoms with van der Waals surface area (Å²) in [6, 6.07) is 2.94. The van der Waals surface area contributed by atoms with Gasteiger partial charge in [-0.05, 0) is 67.4 Å². The third kappa shape index (κ3) is 4.77. The van der Waals surface area contributed by atoms with Crippen LogP contribution in [0, 0.1) is 33.3 Å². The number of amides is 2. The molecule has 6 rings (SSSR count). The maximum atomic E-state index is 12.7. The Morgan fingerprint density at radius 3 is 2.38 bits per heavy atom. The number of piperazine rings is 1. The molecule has 4 aliphatic carbocycles. The van der Waals surface area contributed by atoms with Crippen LogP contribution in [0.5, 0.6) is 0 Å². The van der Waals surface area contributed by atoms with E-state index in [2.05, 4.69) is 5.32 Å². The number of nitrogens with one attached hydrogen (secondary N) is 1. The van der Waals surface area contributed by atoms with Crippen molar-refractivity contribution in [2.24, 2.45) is 23.2 Å². The maximum Gasteiger partial charge on any atom is 0.292 e. The number of rotatable bonds is 7. The highest BCUT2D eigenvalue weighted by Crippen LogP contribution is 2.65. The van der Waals surface area contributed by atoms with Gasteiger partial charge in [0.2, 0.25) is 11.8 Å². The molecule has 1 heterocycles. The fourth-order valence-corrected chi connectivity index (χ4v) is 7.83. The molecule has 8 nitrogen and oxygen atoms in total. The Morgan fingerprint density at radius 1 is 1.09 bits per heavy atom. The highest BCUT2D eigenvalue weighted by Gasteiger charge is 2.56. The van der Waals surface area contributed by atoms with Crippen molar-refractivity contribution in [2.45, 2.75) is 45.1 Å². The van der Waals surface area contributed by atoms with Crippen molar-refractivity contribution in [2.75, 3.05) is 32.7 Å². The quantitative estimate of drug-likeness (QED) is 0.445. The second kappa shape index (κ2) is 9.28. The first-order valence-electron chi connectivity index (χ1n) is 12.1. The van der Waals surface area contributed by atoms with Crippen LogP contribution in [0.4, 0.5) is 5.69 Å². The van der Waals surface area contributed by atoms with Crippen LogP contribution in [0.1, 0.15) is 44.1 Å². The summed E-state index contributed by atoms with van der Waals surface area (Å²) < 4.78 is 0. The molecular weight excluding hydrogens is 479 g/mol. The van der Waals surface area contributed by atoms with Crippen molar-refractivity contribution in [3.63, 3.8) is 0 Å². The fraction of sp³-hybridized carbons (Fsp3) is 0.667. The van der Waals surface area contributed by atoms with Crippen LogP contribution in [0.3, 0.4) is 0 Å². The SMILES string of the molecule is O=C(CC12CC3CC(C1)C(C3)C2)NCC(=O)N1CCN(Cc2cc(Cl)cc(Cl)c2[N+](=O)[O-])CC1. The lowest BCUT2D eigenvalue weighted by Crippen LogP contribution is -2.51. The number of carbonyl (C=O) groups is 2. The fourth-order valence-electron chi connectivity index (χ4n) is 7.22. The highest BCUT2D eigenvalue weighted by atomic mass is 35.5. The first kappa shape index (κ1) is 23.8. The second-order valence-corrected chi connectivity index (χ2v) is 11.6. The molecule has 4 saturated carbocycles. The molecule has 2 atom stereocenters. The number of nitro benzene ring substituents is 1. The van der Waals surface area contributed by atoms with Gasteiger partial charge in [-0.25, -0.2) is 0 Å². The van der Waals surface area contributed by atoms with Gasteiger partial charge in [-0.3, -0.25) is 24.6 Å². The van der Waals surface area contributed by atoms with Crippen molar-refractivity contribution >= 4 is 40.7 Å². The zero-order valence-corrected chi connectivity index (χ0v) is 20.6. The topological polar surface area (TPSA) is 95.8 Å². The largest absolute Gasteiger partial charge is 0.347 e. The first-order chi connectivity index (χ1) is 16.2. The first-order valence-corrected chi connectivity index (χ1v) is 12.9. The molecule has 5 aliphatic rings. The minimum absolute atomic E-state index is 0.000851. The molecule has 1 saturated heterocycles. The molecule has 5 fully saturated rings. The summed E-state index contributed by atoms with van der Waals surface area (Å²) in [5.41, 5.74) is 0.514. The predicted molar refractivity (Wildman–Crippen MR) is 129 cm³/mol. The lowest BCUT2D eigenvalue weighted by molar-refractivity contribution is -0.385. The summed E-state index contributed by atoms with van der Waals surface area (Å²) in [7, 11) is 0. The normalized spacial score (nSPS) is 30.1. The molecule has 184 valence electrons. The monoisotopic (exact) mass is 508 g/mol. The third-order valence-corrected chi connectivity index (χ3v) is 8.94. The lowest BCUT2D eigenvalue weighted by atomic mass is 9.67.